The Hall–Kier alpha value is -3.35. The maximum atomic E-state index is 12.8. The Morgan fingerprint density at radius 1 is 1.00 bits per heavy atom. The van der Waals surface area contributed by atoms with E-state index in [1.54, 1.807) is 12.3 Å². The summed E-state index contributed by atoms with van der Waals surface area (Å²) in [6, 6.07) is 9.54. The van der Waals surface area contributed by atoms with E-state index in [1.165, 1.54) is 25.1 Å². The highest BCUT2D eigenvalue weighted by atomic mass is 19.4. The number of hydrogen-bond donors (Lipinski definition) is 1. The number of imidazole rings is 1. The zero-order valence-corrected chi connectivity index (χ0v) is 21.7. The number of nitrogens with zero attached hydrogens (tertiary/aromatic N) is 5. The van der Waals surface area contributed by atoms with Gasteiger partial charge in [0.15, 0.2) is 0 Å². The van der Waals surface area contributed by atoms with E-state index in [-0.39, 0.29) is 6.42 Å². The summed E-state index contributed by atoms with van der Waals surface area (Å²) in [4.78, 5) is 19.9. The summed E-state index contributed by atoms with van der Waals surface area (Å²) < 4.78 is 74.3. The van der Waals surface area contributed by atoms with Gasteiger partial charge < -0.3 is 24.3 Å². The van der Waals surface area contributed by atoms with Gasteiger partial charge in [-0.3, -0.25) is 4.98 Å². The topological polar surface area (TPSA) is 74.5 Å². The summed E-state index contributed by atoms with van der Waals surface area (Å²) >= 11 is 0. The Morgan fingerprint density at radius 3 is 2.16 bits per heavy atom. The molecular weight excluding hydrogens is 516 g/mol. The van der Waals surface area contributed by atoms with Crippen molar-refractivity contribution in [3.63, 3.8) is 0 Å². The van der Waals surface area contributed by atoms with Crippen molar-refractivity contribution in [2.45, 2.75) is 58.2 Å². The van der Waals surface area contributed by atoms with Crippen molar-refractivity contribution >= 4 is 29.2 Å². The second kappa shape index (κ2) is 14.6. The lowest BCUT2D eigenvalue weighted by molar-refractivity contribution is -0.204. The second-order valence-electron chi connectivity index (χ2n) is 8.33. The van der Waals surface area contributed by atoms with Gasteiger partial charge in [0.05, 0.1) is 35.1 Å². The highest BCUT2D eigenvalue weighted by Gasteiger charge is 2.36. The van der Waals surface area contributed by atoms with Crippen molar-refractivity contribution in [2.24, 2.45) is 0 Å². The fourth-order valence-corrected chi connectivity index (χ4v) is 3.60. The molecular formula is C25H33F6N5O2. The molecule has 0 aliphatic carbocycles. The van der Waals surface area contributed by atoms with Crippen LogP contribution in [0.25, 0.3) is 11.0 Å². The number of aliphatic hydroxyl groups is 1. The number of anilines is 2. The summed E-state index contributed by atoms with van der Waals surface area (Å²) in [6.45, 7) is 5.66. The maximum Gasteiger partial charge on any atom is 0.414 e. The number of aromatic nitrogens is 3. The monoisotopic (exact) mass is 549 g/mol. The number of alkyl halides is 6. The summed E-state index contributed by atoms with van der Waals surface area (Å²) in [5.41, 5.74) is 3.09. The van der Waals surface area contributed by atoms with E-state index in [0.717, 1.165) is 29.8 Å². The highest BCUT2D eigenvalue weighted by Crippen LogP contribution is 2.30. The van der Waals surface area contributed by atoms with Gasteiger partial charge in [-0.05, 0) is 31.0 Å². The van der Waals surface area contributed by atoms with Gasteiger partial charge in [-0.2, -0.15) is 26.3 Å². The number of aliphatic hydroxyl groups excluding tert-OH is 1. The molecule has 2 aromatic heterocycles. The maximum absolute atomic E-state index is 12.8. The van der Waals surface area contributed by atoms with Gasteiger partial charge in [0.1, 0.15) is 25.3 Å². The van der Waals surface area contributed by atoms with Crippen molar-refractivity contribution in [3.05, 3.63) is 48.5 Å². The van der Waals surface area contributed by atoms with Gasteiger partial charge in [-0.1, -0.05) is 26.0 Å². The fraction of sp³-hybridized carbons (Fsp3) is 0.480. The van der Waals surface area contributed by atoms with Crippen LogP contribution in [0.15, 0.2) is 42.7 Å². The van der Waals surface area contributed by atoms with E-state index in [4.69, 9.17) is 14.9 Å². The molecule has 0 amide bonds. The molecule has 7 nitrogen and oxygen atoms in total. The number of rotatable bonds is 8. The number of benzene rings is 1. The van der Waals surface area contributed by atoms with E-state index in [9.17, 15) is 26.3 Å². The molecule has 1 N–H and O–H groups in total. The molecule has 1 atom stereocenters. The Morgan fingerprint density at radius 2 is 1.63 bits per heavy atom. The number of carbonyl (C=O) groups is 1. The minimum Gasteiger partial charge on any atom is -0.384 e. The molecule has 3 rings (SSSR count). The van der Waals surface area contributed by atoms with E-state index in [1.807, 2.05) is 43.0 Å². The van der Waals surface area contributed by atoms with Gasteiger partial charge in [0.25, 0.3) is 0 Å². The first-order valence-corrected chi connectivity index (χ1v) is 11.7. The zero-order valence-electron chi connectivity index (χ0n) is 21.7. The van der Waals surface area contributed by atoms with Crippen LogP contribution >= 0.6 is 0 Å². The molecule has 0 saturated carbocycles. The predicted molar refractivity (Wildman–Crippen MR) is 135 cm³/mol. The summed E-state index contributed by atoms with van der Waals surface area (Å²) in [5.74, 6) is 0.874. The Labute approximate surface area is 217 Å². The Balaban J connectivity index is 0.000000620. The number of hydrogen-bond acceptors (Lipinski definition) is 6. The van der Waals surface area contributed by atoms with Crippen LogP contribution in [0.3, 0.4) is 0 Å². The molecule has 2 heterocycles. The standard InChI is InChI=1S/C20H24F3N5.C4H7F3O.CH2O/c1-4-11-28-16-8-6-5-7-15(16)25-19(28)13-26(2)18-12-24-10-9-17(18)27(3)14-20(21,22)23;1-2-3(8)4(5,6)7;1-2/h5-10,12H,4,11,13-14H2,1-3H3;3,8H,2H2,1H3;1H2. The lowest BCUT2D eigenvalue weighted by Gasteiger charge is -2.28. The predicted octanol–water partition coefficient (Wildman–Crippen LogP) is 5.61. The van der Waals surface area contributed by atoms with Crippen LogP contribution in [0, 0.1) is 0 Å². The summed E-state index contributed by atoms with van der Waals surface area (Å²) in [6.07, 6.45) is -7.08. The molecule has 13 heteroatoms. The summed E-state index contributed by atoms with van der Waals surface area (Å²) in [5, 5.41) is 8.07. The minimum atomic E-state index is -4.44. The van der Waals surface area contributed by atoms with Crippen LogP contribution in [-0.4, -0.2) is 65.5 Å². The molecule has 3 aromatic rings. The first kappa shape index (κ1) is 32.7. The van der Waals surface area contributed by atoms with Crippen LogP contribution in [-0.2, 0) is 17.9 Å². The van der Waals surface area contributed by atoms with Gasteiger partial charge in [-0.25, -0.2) is 4.98 Å². The number of carbonyl (C=O) groups excluding carboxylic acids is 1. The number of aryl methyl sites for hydroxylation is 1. The number of pyridine rings is 1. The molecule has 1 aromatic carbocycles. The minimum absolute atomic E-state index is 0.274. The van der Waals surface area contributed by atoms with Crippen molar-refractivity contribution in [3.8, 4) is 0 Å². The van der Waals surface area contributed by atoms with Gasteiger partial charge in [-0.15, -0.1) is 0 Å². The number of fused-ring (bicyclic) bond motifs is 1. The largest absolute Gasteiger partial charge is 0.414 e. The lowest BCUT2D eigenvalue weighted by Crippen LogP contribution is -2.32. The molecule has 212 valence electrons. The van der Waals surface area contributed by atoms with Crippen LogP contribution in [0.1, 0.15) is 32.5 Å². The Bertz CT molecular complexity index is 1120. The quantitative estimate of drug-likeness (QED) is 0.368. The Kier molecular flexibility index (Phi) is 12.5. The molecule has 0 bridgehead atoms. The first-order chi connectivity index (χ1) is 17.8. The zero-order chi connectivity index (χ0) is 29.1. The number of halogens is 6. The lowest BCUT2D eigenvalue weighted by atomic mass is 10.2. The van der Waals surface area contributed by atoms with Gasteiger partial charge in [0.2, 0.25) is 0 Å². The van der Waals surface area contributed by atoms with Crippen molar-refractivity contribution < 1.29 is 36.2 Å². The third-order valence-electron chi connectivity index (χ3n) is 5.34. The van der Waals surface area contributed by atoms with Crippen LogP contribution < -0.4 is 9.80 Å². The molecule has 0 spiro atoms. The molecule has 0 aliphatic rings. The molecule has 1 unspecified atom stereocenters. The van der Waals surface area contributed by atoms with Crippen molar-refractivity contribution in [1.82, 2.24) is 14.5 Å². The average Bonchev–Trinajstić information content (AvgIpc) is 3.20. The number of para-hydroxylation sites is 2. The SMILES string of the molecule is C=O.CCC(O)C(F)(F)F.CCCn1c(CN(C)c2cnccc2N(C)CC(F)(F)F)nc2ccccc21. The highest BCUT2D eigenvalue weighted by molar-refractivity contribution is 5.76. The molecule has 0 fully saturated rings. The molecule has 0 aliphatic heterocycles. The van der Waals surface area contributed by atoms with E-state index in [0.29, 0.717) is 17.9 Å². The smallest absolute Gasteiger partial charge is 0.384 e. The van der Waals surface area contributed by atoms with E-state index >= 15 is 0 Å². The average molecular weight is 550 g/mol. The van der Waals surface area contributed by atoms with Crippen LogP contribution in [0.5, 0.6) is 0 Å². The second-order valence-corrected chi connectivity index (χ2v) is 8.33. The van der Waals surface area contributed by atoms with E-state index < -0.39 is 25.0 Å². The third kappa shape index (κ3) is 9.51. The summed E-state index contributed by atoms with van der Waals surface area (Å²) in [7, 11) is 3.28. The van der Waals surface area contributed by atoms with Crippen LogP contribution in [0.2, 0.25) is 0 Å². The molecule has 0 radical (unpaired) electrons. The van der Waals surface area contributed by atoms with Gasteiger partial charge in [0, 0.05) is 26.8 Å². The molecule has 0 saturated heterocycles. The van der Waals surface area contributed by atoms with Gasteiger partial charge >= 0.3 is 12.4 Å². The van der Waals surface area contributed by atoms with Crippen molar-refractivity contribution in [1.29, 1.82) is 0 Å². The molecule has 38 heavy (non-hydrogen) atoms. The van der Waals surface area contributed by atoms with E-state index in [2.05, 4.69) is 16.5 Å². The van der Waals surface area contributed by atoms with Crippen molar-refractivity contribution in [2.75, 3.05) is 30.4 Å². The van der Waals surface area contributed by atoms with Crippen LogP contribution in [0.4, 0.5) is 37.7 Å². The fourth-order valence-electron chi connectivity index (χ4n) is 3.60. The first-order valence-electron chi connectivity index (χ1n) is 11.7. The normalized spacial score (nSPS) is 12.2. The third-order valence-corrected chi connectivity index (χ3v) is 5.34.